The fourth-order valence-electron chi connectivity index (χ4n) is 1.79. The fourth-order valence-corrected chi connectivity index (χ4v) is 1.94. The van der Waals surface area contributed by atoms with Gasteiger partial charge in [-0.15, -0.1) is 11.6 Å². The van der Waals surface area contributed by atoms with E-state index in [-0.39, 0.29) is 5.41 Å². The minimum atomic E-state index is 0.265. The largest absolute Gasteiger partial charge is 0.359 e. The number of anilines is 1. The zero-order chi connectivity index (χ0) is 12.3. The highest BCUT2D eigenvalue weighted by Gasteiger charge is 2.15. The van der Waals surface area contributed by atoms with Crippen molar-refractivity contribution in [2.75, 3.05) is 18.5 Å². The average molecular weight is 241 g/mol. The number of halogens is 1. The molecule has 0 saturated carbocycles. The minimum Gasteiger partial charge on any atom is -0.359 e. The number of nitrogens with zero attached hydrogens (tertiary/aromatic N) is 2. The Morgan fingerprint density at radius 3 is 2.44 bits per heavy atom. The van der Waals surface area contributed by atoms with E-state index in [1.165, 1.54) is 0 Å². The summed E-state index contributed by atoms with van der Waals surface area (Å²) in [5, 5.41) is 0. The first kappa shape index (κ1) is 13.3. The summed E-state index contributed by atoms with van der Waals surface area (Å²) in [6, 6.07) is 4.09. The molecule has 1 rings (SSSR count). The van der Waals surface area contributed by atoms with Crippen LogP contribution >= 0.6 is 11.6 Å². The molecule has 1 heterocycles. The van der Waals surface area contributed by atoms with Crippen molar-refractivity contribution < 1.29 is 0 Å². The van der Waals surface area contributed by atoms with Gasteiger partial charge in [0, 0.05) is 25.2 Å². The Balaban J connectivity index is 2.90. The van der Waals surface area contributed by atoms with E-state index < -0.39 is 0 Å². The lowest BCUT2D eigenvalue weighted by Crippen LogP contribution is -2.29. The second kappa shape index (κ2) is 5.05. The van der Waals surface area contributed by atoms with Gasteiger partial charge in [-0.3, -0.25) is 0 Å². The van der Waals surface area contributed by atoms with Crippen molar-refractivity contribution in [2.45, 2.75) is 33.6 Å². The van der Waals surface area contributed by atoms with Crippen LogP contribution < -0.4 is 4.90 Å². The van der Waals surface area contributed by atoms with Crippen LogP contribution in [0, 0.1) is 12.3 Å². The van der Waals surface area contributed by atoms with Crippen molar-refractivity contribution in [3.63, 3.8) is 0 Å². The number of hydrogen-bond acceptors (Lipinski definition) is 2. The maximum Gasteiger partial charge on any atom is 0.128 e. The first-order valence-electron chi connectivity index (χ1n) is 5.56. The van der Waals surface area contributed by atoms with Crippen LogP contribution in [0.1, 0.15) is 32.0 Å². The van der Waals surface area contributed by atoms with Crippen LogP contribution in [0.15, 0.2) is 12.1 Å². The predicted molar refractivity (Wildman–Crippen MR) is 71.3 cm³/mol. The molecule has 0 amide bonds. The van der Waals surface area contributed by atoms with Gasteiger partial charge in [0.15, 0.2) is 0 Å². The standard InChI is InChI=1S/C13H21ClN2/c1-10-6-11(8-14)7-12(15-10)16(5)9-13(2,3)4/h6-7H,8-9H2,1-5H3. The Morgan fingerprint density at radius 1 is 1.31 bits per heavy atom. The Labute approximate surface area is 104 Å². The summed E-state index contributed by atoms with van der Waals surface area (Å²) in [6.45, 7) is 9.65. The predicted octanol–water partition coefficient (Wildman–Crippen LogP) is 3.61. The van der Waals surface area contributed by atoms with Gasteiger partial charge in [-0.25, -0.2) is 4.98 Å². The van der Waals surface area contributed by atoms with E-state index >= 15 is 0 Å². The molecular weight excluding hydrogens is 220 g/mol. The molecule has 16 heavy (non-hydrogen) atoms. The molecule has 0 spiro atoms. The van der Waals surface area contributed by atoms with Gasteiger partial charge in [-0.05, 0) is 30.0 Å². The molecule has 0 aliphatic rings. The van der Waals surface area contributed by atoms with Gasteiger partial charge in [-0.1, -0.05) is 20.8 Å². The third-order valence-electron chi connectivity index (χ3n) is 2.26. The molecule has 90 valence electrons. The summed E-state index contributed by atoms with van der Waals surface area (Å²) in [5.74, 6) is 1.55. The van der Waals surface area contributed by atoms with E-state index in [0.717, 1.165) is 23.6 Å². The summed E-state index contributed by atoms with van der Waals surface area (Å²) in [5.41, 5.74) is 2.42. The van der Waals surface area contributed by atoms with E-state index in [1.54, 1.807) is 0 Å². The molecule has 0 N–H and O–H groups in total. The first-order valence-corrected chi connectivity index (χ1v) is 6.10. The van der Waals surface area contributed by atoms with Crippen LogP contribution in [0.2, 0.25) is 0 Å². The third kappa shape index (κ3) is 4.01. The van der Waals surface area contributed by atoms with E-state index in [9.17, 15) is 0 Å². The minimum absolute atomic E-state index is 0.265. The van der Waals surface area contributed by atoms with Gasteiger partial charge >= 0.3 is 0 Å². The molecule has 0 unspecified atom stereocenters. The lowest BCUT2D eigenvalue weighted by molar-refractivity contribution is 0.417. The van der Waals surface area contributed by atoms with Crippen LogP contribution in [0.4, 0.5) is 5.82 Å². The van der Waals surface area contributed by atoms with Gasteiger partial charge in [-0.2, -0.15) is 0 Å². The first-order chi connectivity index (χ1) is 7.31. The average Bonchev–Trinajstić information content (AvgIpc) is 2.14. The van der Waals surface area contributed by atoms with Gasteiger partial charge in [0.2, 0.25) is 0 Å². The van der Waals surface area contributed by atoms with Crippen LogP contribution in [-0.4, -0.2) is 18.6 Å². The molecule has 0 bridgehead atoms. The zero-order valence-electron chi connectivity index (χ0n) is 10.8. The van der Waals surface area contributed by atoms with Crippen molar-refractivity contribution >= 4 is 17.4 Å². The van der Waals surface area contributed by atoms with Crippen LogP contribution in [0.25, 0.3) is 0 Å². The van der Waals surface area contributed by atoms with Crippen LogP contribution in [-0.2, 0) is 5.88 Å². The molecule has 3 heteroatoms. The van der Waals surface area contributed by atoms with Gasteiger partial charge in [0.05, 0.1) is 0 Å². The third-order valence-corrected chi connectivity index (χ3v) is 2.57. The molecule has 0 aliphatic heterocycles. The molecule has 1 aromatic heterocycles. The van der Waals surface area contributed by atoms with Crippen molar-refractivity contribution in [1.29, 1.82) is 0 Å². The summed E-state index contributed by atoms with van der Waals surface area (Å²) in [4.78, 5) is 6.72. The summed E-state index contributed by atoms with van der Waals surface area (Å²) in [7, 11) is 2.07. The molecule has 0 fully saturated rings. The van der Waals surface area contributed by atoms with E-state index in [0.29, 0.717) is 5.88 Å². The molecule has 1 aromatic rings. The summed E-state index contributed by atoms with van der Waals surface area (Å²) in [6.07, 6.45) is 0. The lowest BCUT2D eigenvalue weighted by Gasteiger charge is -2.27. The van der Waals surface area contributed by atoms with Gasteiger partial charge in [0.1, 0.15) is 5.82 Å². The number of pyridine rings is 1. The summed E-state index contributed by atoms with van der Waals surface area (Å²) < 4.78 is 0. The number of aromatic nitrogens is 1. The summed E-state index contributed by atoms with van der Waals surface area (Å²) >= 11 is 5.86. The van der Waals surface area contributed by atoms with Gasteiger partial charge in [0.25, 0.3) is 0 Å². The molecule has 0 atom stereocenters. The topological polar surface area (TPSA) is 16.1 Å². The second-order valence-electron chi connectivity index (χ2n) is 5.53. The Bertz CT molecular complexity index is 355. The molecule has 0 aromatic carbocycles. The van der Waals surface area contributed by atoms with E-state index in [1.807, 2.05) is 13.0 Å². The SMILES string of the molecule is Cc1cc(CCl)cc(N(C)CC(C)(C)C)n1. The molecule has 0 radical (unpaired) electrons. The van der Waals surface area contributed by atoms with Crippen molar-refractivity contribution in [3.05, 3.63) is 23.4 Å². The highest BCUT2D eigenvalue weighted by molar-refractivity contribution is 6.17. The lowest BCUT2D eigenvalue weighted by atomic mass is 9.96. The maximum absolute atomic E-state index is 5.86. The highest BCUT2D eigenvalue weighted by Crippen LogP contribution is 2.20. The van der Waals surface area contributed by atoms with Crippen LogP contribution in [0.3, 0.4) is 0 Å². The maximum atomic E-state index is 5.86. The van der Waals surface area contributed by atoms with E-state index in [4.69, 9.17) is 11.6 Å². The quantitative estimate of drug-likeness (QED) is 0.751. The normalized spacial score (nSPS) is 11.6. The van der Waals surface area contributed by atoms with Crippen molar-refractivity contribution in [1.82, 2.24) is 4.98 Å². The zero-order valence-corrected chi connectivity index (χ0v) is 11.6. The molecular formula is C13H21ClN2. The van der Waals surface area contributed by atoms with Crippen LogP contribution in [0.5, 0.6) is 0 Å². The van der Waals surface area contributed by atoms with Crippen molar-refractivity contribution in [3.8, 4) is 0 Å². The van der Waals surface area contributed by atoms with Gasteiger partial charge < -0.3 is 4.90 Å². The fraction of sp³-hybridized carbons (Fsp3) is 0.615. The van der Waals surface area contributed by atoms with Crippen molar-refractivity contribution in [2.24, 2.45) is 5.41 Å². The molecule has 0 aliphatic carbocycles. The molecule has 0 saturated heterocycles. The monoisotopic (exact) mass is 240 g/mol. The number of alkyl halides is 1. The molecule has 2 nitrogen and oxygen atoms in total. The smallest absolute Gasteiger partial charge is 0.128 e. The highest BCUT2D eigenvalue weighted by atomic mass is 35.5. The number of rotatable bonds is 3. The number of aryl methyl sites for hydroxylation is 1. The van der Waals surface area contributed by atoms with E-state index in [2.05, 4.69) is 43.8 Å². The second-order valence-corrected chi connectivity index (χ2v) is 5.79. The Hall–Kier alpha value is -0.760. The Morgan fingerprint density at radius 2 is 1.94 bits per heavy atom. The number of hydrogen-bond donors (Lipinski definition) is 0. The Kier molecular flexibility index (Phi) is 4.20.